The predicted octanol–water partition coefficient (Wildman–Crippen LogP) is 3.91. The minimum absolute atomic E-state index is 0.324. The number of halogens is 1. The van der Waals surface area contributed by atoms with Gasteiger partial charge in [0.25, 0.3) is 5.91 Å². The highest BCUT2D eigenvalue weighted by atomic mass is 19.1. The van der Waals surface area contributed by atoms with E-state index in [2.05, 4.69) is 44.6 Å². The number of hydrogen-bond acceptors (Lipinski definition) is 4. The molecule has 31 heavy (non-hydrogen) atoms. The van der Waals surface area contributed by atoms with Crippen LogP contribution in [0.3, 0.4) is 0 Å². The molecule has 0 bridgehead atoms. The molecule has 0 unspecified atom stereocenters. The second-order valence-corrected chi connectivity index (χ2v) is 7.52. The molecule has 3 aromatic carbocycles. The van der Waals surface area contributed by atoms with Crippen LogP contribution >= 0.6 is 0 Å². The van der Waals surface area contributed by atoms with Gasteiger partial charge in [0.15, 0.2) is 0 Å². The summed E-state index contributed by atoms with van der Waals surface area (Å²) in [5, 5.41) is 3.85. The topological polar surface area (TPSA) is 47.9 Å². The normalized spacial score (nSPS) is 14.7. The molecule has 6 heteroatoms. The van der Waals surface area contributed by atoms with Gasteiger partial charge in [0.05, 0.1) is 6.21 Å². The summed E-state index contributed by atoms with van der Waals surface area (Å²) in [5.41, 5.74) is 5.72. The zero-order valence-corrected chi connectivity index (χ0v) is 17.2. The van der Waals surface area contributed by atoms with Gasteiger partial charge in [-0.2, -0.15) is 5.10 Å². The van der Waals surface area contributed by atoms with Crippen LogP contribution in [0.15, 0.2) is 84.0 Å². The number of amides is 1. The summed E-state index contributed by atoms with van der Waals surface area (Å²) in [6.07, 6.45) is 1.30. The van der Waals surface area contributed by atoms with E-state index < -0.39 is 0 Å². The lowest BCUT2D eigenvalue weighted by Gasteiger charge is -2.36. The number of piperazine rings is 1. The van der Waals surface area contributed by atoms with Crippen LogP contribution in [0.4, 0.5) is 10.1 Å². The number of nitrogens with zero attached hydrogens (tertiary/aromatic N) is 3. The van der Waals surface area contributed by atoms with E-state index in [9.17, 15) is 9.18 Å². The maximum absolute atomic E-state index is 13.6. The molecule has 4 rings (SSSR count). The average molecular weight is 417 g/mol. The van der Waals surface area contributed by atoms with Gasteiger partial charge >= 0.3 is 0 Å². The van der Waals surface area contributed by atoms with Gasteiger partial charge < -0.3 is 4.90 Å². The summed E-state index contributed by atoms with van der Waals surface area (Å²) >= 11 is 0. The minimum atomic E-state index is -0.380. The van der Waals surface area contributed by atoms with E-state index in [1.165, 1.54) is 23.5 Å². The zero-order chi connectivity index (χ0) is 21.5. The molecule has 5 nitrogen and oxygen atoms in total. The highest BCUT2D eigenvalue weighted by Crippen LogP contribution is 2.17. The Kier molecular flexibility index (Phi) is 6.69. The van der Waals surface area contributed by atoms with E-state index in [1.54, 1.807) is 30.3 Å². The fourth-order valence-electron chi connectivity index (χ4n) is 3.63. The number of rotatable bonds is 6. The molecular formula is C25H25FN4O. The van der Waals surface area contributed by atoms with Gasteiger partial charge in [-0.05, 0) is 35.9 Å². The Morgan fingerprint density at radius 2 is 1.58 bits per heavy atom. The average Bonchev–Trinajstić information content (AvgIpc) is 2.82. The van der Waals surface area contributed by atoms with Crippen LogP contribution in [0.25, 0.3) is 0 Å². The first-order valence-corrected chi connectivity index (χ1v) is 10.4. The predicted molar refractivity (Wildman–Crippen MR) is 122 cm³/mol. The van der Waals surface area contributed by atoms with E-state index in [1.807, 2.05) is 18.2 Å². The standard InChI is InChI=1S/C25H25FN4O/c26-24-9-5-4-6-22(24)18-27-28-25(31)21-12-10-20(11-13-21)19-29-14-16-30(17-15-29)23-7-2-1-3-8-23/h1-13,18H,14-17,19H2,(H,28,31)/b27-18-. The van der Waals surface area contributed by atoms with Gasteiger partial charge in [-0.15, -0.1) is 0 Å². The van der Waals surface area contributed by atoms with Gasteiger partial charge in [0, 0.05) is 49.5 Å². The molecule has 3 aromatic rings. The fraction of sp³-hybridized carbons (Fsp3) is 0.200. The van der Waals surface area contributed by atoms with Crippen molar-refractivity contribution in [1.82, 2.24) is 10.3 Å². The lowest BCUT2D eigenvalue weighted by Crippen LogP contribution is -2.45. The van der Waals surface area contributed by atoms with Gasteiger partial charge in [-0.25, -0.2) is 9.82 Å². The van der Waals surface area contributed by atoms with Crippen molar-refractivity contribution in [3.8, 4) is 0 Å². The fourth-order valence-corrected chi connectivity index (χ4v) is 3.63. The monoisotopic (exact) mass is 416 g/mol. The van der Waals surface area contributed by atoms with E-state index in [4.69, 9.17) is 0 Å². The van der Waals surface area contributed by atoms with Crippen molar-refractivity contribution < 1.29 is 9.18 Å². The number of hydrazone groups is 1. The summed E-state index contributed by atoms with van der Waals surface area (Å²) in [7, 11) is 0. The molecule has 0 atom stereocenters. The maximum Gasteiger partial charge on any atom is 0.271 e. The van der Waals surface area contributed by atoms with Gasteiger partial charge in [-0.1, -0.05) is 48.5 Å². The van der Waals surface area contributed by atoms with Gasteiger partial charge in [-0.3, -0.25) is 9.69 Å². The third-order valence-corrected chi connectivity index (χ3v) is 5.39. The number of carbonyl (C=O) groups is 1. The van der Waals surface area contributed by atoms with E-state index in [0.29, 0.717) is 11.1 Å². The Labute approximate surface area is 181 Å². The quantitative estimate of drug-likeness (QED) is 0.490. The summed E-state index contributed by atoms with van der Waals surface area (Å²) in [6.45, 7) is 4.87. The second kappa shape index (κ2) is 10.00. The number of benzene rings is 3. The van der Waals surface area contributed by atoms with E-state index in [-0.39, 0.29) is 11.7 Å². The molecule has 0 aromatic heterocycles. The Balaban J connectivity index is 1.26. The van der Waals surface area contributed by atoms with E-state index in [0.717, 1.165) is 32.7 Å². The van der Waals surface area contributed by atoms with Crippen molar-refractivity contribution in [2.24, 2.45) is 5.10 Å². The molecule has 0 radical (unpaired) electrons. The van der Waals surface area contributed by atoms with E-state index >= 15 is 0 Å². The highest BCUT2D eigenvalue weighted by Gasteiger charge is 2.17. The van der Waals surface area contributed by atoms with Crippen molar-refractivity contribution in [2.45, 2.75) is 6.54 Å². The van der Waals surface area contributed by atoms with Crippen LogP contribution in [-0.2, 0) is 6.54 Å². The van der Waals surface area contributed by atoms with Crippen LogP contribution in [0.1, 0.15) is 21.5 Å². The number of hydrogen-bond donors (Lipinski definition) is 1. The summed E-state index contributed by atoms with van der Waals surface area (Å²) in [6, 6.07) is 24.3. The van der Waals surface area contributed by atoms with Crippen molar-refractivity contribution in [3.63, 3.8) is 0 Å². The lowest BCUT2D eigenvalue weighted by atomic mass is 10.1. The highest BCUT2D eigenvalue weighted by molar-refractivity contribution is 5.94. The molecule has 158 valence electrons. The molecule has 0 saturated carbocycles. The molecule has 0 aliphatic carbocycles. The van der Waals surface area contributed by atoms with Crippen LogP contribution in [0.5, 0.6) is 0 Å². The Hall–Kier alpha value is -3.51. The Bertz CT molecular complexity index is 1030. The molecule has 1 N–H and O–H groups in total. The molecule has 1 aliphatic rings. The van der Waals surface area contributed by atoms with Crippen LogP contribution in [-0.4, -0.2) is 43.2 Å². The molecule has 1 heterocycles. The number of anilines is 1. The van der Waals surface area contributed by atoms with Crippen molar-refractivity contribution in [2.75, 3.05) is 31.1 Å². The second-order valence-electron chi connectivity index (χ2n) is 7.52. The summed E-state index contributed by atoms with van der Waals surface area (Å²) in [5.74, 6) is -0.704. The van der Waals surface area contributed by atoms with Crippen molar-refractivity contribution in [3.05, 3.63) is 101 Å². The first-order valence-electron chi connectivity index (χ1n) is 10.4. The smallest absolute Gasteiger partial charge is 0.271 e. The maximum atomic E-state index is 13.6. The van der Waals surface area contributed by atoms with Crippen LogP contribution < -0.4 is 10.3 Å². The van der Waals surface area contributed by atoms with Crippen molar-refractivity contribution >= 4 is 17.8 Å². The van der Waals surface area contributed by atoms with Crippen molar-refractivity contribution in [1.29, 1.82) is 0 Å². The molecule has 1 amide bonds. The third-order valence-electron chi connectivity index (χ3n) is 5.39. The molecular weight excluding hydrogens is 391 g/mol. The first kappa shape index (κ1) is 20.8. The van der Waals surface area contributed by atoms with Gasteiger partial charge in [0.2, 0.25) is 0 Å². The molecule has 0 spiro atoms. The largest absolute Gasteiger partial charge is 0.369 e. The summed E-state index contributed by atoms with van der Waals surface area (Å²) < 4.78 is 13.6. The minimum Gasteiger partial charge on any atom is -0.369 e. The SMILES string of the molecule is O=C(N/N=C\c1ccccc1F)c1ccc(CN2CCN(c3ccccc3)CC2)cc1. The lowest BCUT2D eigenvalue weighted by molar-refractivity contribution is 0.0955. The molecule has 1 saturated heterocycles. The number of carbonyl (C=O) groups excluding carboxylic acids is 1. The Morgan fingerprint density at radius 3 is 2.29 bits per heavy atom. The molecule has 1 fully saturated rings. The third kappa shape index (κ3) is 5.55. The zero-order valence-electron chi connectivity index (χ0n) is 17.2. The van der Waals surface area contributed by atoms with Crippen LogP contribution in [0.2, 0.25) is 0 Å². The molecule has 1 aliphatic heterocycles. The van der Waals surface area contributed by atoms with Crippen LogP contribution in [0, 0.1) is 5.82 Å². The summed E-state index contributed by atoms with van der Waals surface area (Å²) in [4.78, 5) is 17.1. The Morgan fingerprint density at radius 1 is 0.903 bits per heavy atom. The number of para-hydroxylation sites is 1. The number of nitrogens with one attached hydrogen (secondary N) is 1. The first-order chi connectivity index (χ1) is 15.2. The van der Waals surface area contributed by atoms with Gasteiger partial charge in [0.1, 0.15) is 5.82 Å².